The molecule has 0 atom stereocenters. The van der Waals surface area contributed by atoms with E-state index >= 15 is 0 Å². The van der Waals surface area contributed by atoms with Crippen molar-refractivity contribution in [3.63, 3.8) is 0 Å². The van der Waals surface area contributed by atoms with E-state index in [2.05, 4.69) is 0 Å². The molecule has 0 aliphatic rings. The van der Waals surface area contributed by atoms with Crippen LogP contribution in [0.2, 0.25) is 5.02 Å². The molecule has 116 valence electrons. The van der Waals surface area contributed by atoms with E-state index in [9.17, 15) is 9.90 Å². The van der Waals surface area contributed by atoms with E-state index in [-0.39, 0.29) is 11.7 Å². The molecule has 0 heterocycles. The van der Waals surface area contributed by atoms with Gasteiger partial charge in [0.25, 0.3) is 0 Å². The second kappa shape index (κ2) is 8.44. The van der Waals surface area contributed by atoms with Crippen molar-refractivity contribution in [1.82, 2.24) is 0 Å². The highest BCUT2D eigenvalue weighted by molar-refractivity contribution is 6.31. The van der Waals surface area contributed by atoms with Crippen molar-refractivity contribution in [3.8, 4) is 5.75 Å². The minimum absolute atomic E-state index is 0.165. The van der Waals surface area contributed by atoms with Gasteiger partial charge in [0, 0.05) is 11.4 Å². The first-order valence-electron chi connectivity index (χ1n) is 7.32. The summed E-state index contributed by atoms with van der Waals surface area (Å²) in [4.78, 5) is 11.7. The number of ether oxygens (including phenoxy) is 1. The Balaban J connectivity index is 1.65. The molecule has 0 aliphatic heterocycles. The van der Waals surface area contributed by atoms with E-state index < -0.39 is 0 Å². The molecule has 0 aromatic heterocycles. The molecule has 0 bridgehead atoms. The SMILES string of the molecule is O=C(CCCCc1ccc(O)cc1Cl)OCc1ccccc1. The first kappa shape index (κ1) is 16.4. The highest BCUT2D eigenvalue weighted by atomic mass is 35.5. The van der Waals surface area contributed by atoms with Crippen LogP contribution in [0.15, 0.2) is 48.5 Å². The predicted molar refractivity (Wildman–Crippen MR) is 86.9 cm³/mol. The number of rotatable bonds is 7. The summed E-state index contributed by atoms with van der Waals surface area (Å²) < 4.78 is 5.22. The van der Waals surface area contributed by atoms with Gasteiger partial charge < -0.3 is 9.84 Å². The van der Waals surface area contributed by atoms with Crippen LogP contribution < -0.4 is 0 Å². The molecule has 3 nitrogen and oxygen atoms in total. The Morgan fingerprint density at radius 1 is 1.09 bits per heavy atom. The Kier molecular flexibility index (Phi) is 6.28. The van der Waals surface area contributed by atoms with E-state index in [4.69, 9.17) is 16.3 Å². The van der Waals surface area contributed by atoms with E-state index in [1.54, 1.807) is 6.07 Å². The zero-order valence-electron chi connectivity index (χ0n) is 12.3. The average Bonchev–Trinajstić information content (AvgIpc) is 2.52. The van der Waals surface area contributed by atoms with Gasteiger partial charge in [-0.1, -0.05) is 48.0 Å². The molecule has 0 radical (unpaired) electrons. The lowest BCUT2D eigenvalue weighted by Crippen LogP contribution is -2.04. The monoisotopic (exact) mass is 318 g/mol. The van der Waals surface area contributed by atoms with Crippen LogP contribution in [-0.2, 0) is 22.6 Å². The molecule has 0 saturated carbocycles. The lowest BCUT2D eigenvalue weighted by molar-refractivity contribution is -0.145. The third-order valence-corrected chi connectivity index (χ3v) is 3.71. The Bertz CT molecular complexity index is 611. The van der Waals surface area contributed by atoms with E-state index in [0.29, 0.717) is 18.1 Å². The van der Waals surface area contributed by atoms with Gasteiger partial charge in [-0.05, 0) is 42.5 Å². The number of aryl methyl sites for hydroxylation is 1. The predicted octanol–water partition coefficient (Wildman–Crippen LogP) is 4.50. The Hall–Kier alpha value is -2.00. The van der Waals surface area contributed by atoms with E-state index in [1.807, 2.05) is 36.4 Å². The first-order chi connectivity index (χ1) is 10.6. The maximum absolute atomic E-state index is 11.7. The quantitative estimate of drug-likeness (QED) is 0.604. The van der Waals surface area contributed by atoms with Gasteiger partial charge in [-0.3, -0.25) is 4.79 Å². The van der Waals surface area contributed by atoms with Gasteiger partial charge in [0.2, 0.25) is 0 Å². The van der Waals surface area contributed by atoms with Crippen molar-refractivity contribution in [1.29, 1.82) is 0 Å². The fourth-order valence-electron chi connectivity index (χ4n) is 2.13. The van der Waals surface area contributed by atoms with Crippen LogP contribution in [0.5, 0.6) is 5.75 Å². The van der Waals surface area contributed by atoms with E-state index in [1.165, 1.54) is 6.07 Å². The fourth-order valence-corrected chi connectivity index (χ4v) is 2.40. The summed E-state index contributed by atoms with van der Waals surface area (Å²) in [5.41, 5.74) is 1.98. The number of hydrogen-bond donors (Lipinski definition) is 1. The molecule has 2 rings (SSSR count). The third kappa shape index (κ3) is 5.41. The van der Waals surface area contributed by atoms with Crippen LogP contribution >= 0.6 is 11.6 Å². The molecule has 1 N–H and O–H groups in total. The van der Waals surface area contributed by atoms with Crippen molar-refractivity contribution < 1.29 is 14.6 Å². The summed E-state index contributed by atoms with van der Waals surface area (Å²) in [5.74, 6) is -0.0149. The van der Waals surface area contributed by atoms with E-state index in [0.717, 1.165) is 30.4 Å². The van der Waals surface area contributed by atoms with Gasteiger partial charge in [0.15, 0.2) is 0 Å². The first-order valence-corrected chi connectivity index (χ1v) is 7.70. The zero-order chi connectivity index (χ0) is 15.8. The zero-order valence-corrected chi connectivity index (χ0v) is 13.1. The van der Waals surface area contributed by atoms with Gasteiger partial charge in [-0.2, -0.15) is 0 Å². The number of benzene rings is 2. The number of aromatic hydroxyl groups is 1. The summed E-state index contributed by atoms with van der Waals surface area (Å²) in [7, 11) is 0. The number of phenolic OH excluding ortho intramolecular Hbond substituents is 1. The molecule has 2 aromatic carbocycles. The van der Waals surface area contributed by atoms with Gasteiger partial charge in [0.05, 0.1) is 0 Å². The Morgan fingerprint density at radius 2 is 1.86 bits per heavy atom. The summed E-state index contributed by atoms with van der Waals surface area (Å²) in [5, 5.41) is 9.85. The average molecular weight is 319 g/mol. The van der Waals surface area contributed by atoms with Crippen molar-refractivity contribution in [2.45, 2.75) is 32.3 Å². The van der Waals surface area contributed by atoms with Crippen LogP contribution in [0.4, 0.5) is 0 Å². The highest BCUT2D eigenvalue weighted by Crippen LogP contribution is 2.23. The number of hydrogen-bond acceptors (Lipinski definition) is 3. The number of carbonyl (C=O) groups excluding carboxylic acids is 1. The standard InChI is InChI=1S/C18H19ClO3/c19-17-12-16(20)11-10-15(17)8-4-5-9-18(21)22-13-14-6-2-1-3-7-14/h1-3,6-7,10-12,20H,4-5,8-9,13H2. The lowest BCUT2D eigenvalue weighted by Gasteiger charge is -2.06. The van der Waals surface area contributed by atoms with Crippen molar-refractivity contribution in [3.05, 3.63) is 64.7 Å². The normalized spacial score (nSPS) is 10.4. The fraction of sp³-hybridized carbons (Fsp3) is 0.278. The number of phenols is 1. The summed E-state index contributed by atoms with van der Waals surface area (Å²) in [6.45, 7) is 0.323. The summed E-state index contributed by atoms with van der Waals surface area (Å²) >= 11 is 6.04. The van der Waals surface area contributed by atoms with Crippen LogP contribution in [0.25, 0.3) is 0 Å². The van der Waals surface area contributed by atoms with Gasteiger partial charge in [0.1, 0.15) is 12.4 Å². The van der Waals surface area contributed by atoms with Gasteiger partial charge in [-0.15, -0.1) is 0 Å². The maximum Gasteiger partial charge on any atom is 0.306 e. The summed E-state index contributed by atoms with van der Waals surface area (Å²) in [6.07, 6.45) is 2.80. The molecule has 0 fully saturated rings. The molecule has 4 heteroatoms. The Morgan fingerprint density at radius 3 is 2.59 bits per heavy atom. The molecule has 22 heavy (non-hydrogen) atoms. The van der Waals surface area contributed by atoms with Crippen LogP contribution in [0.1, 0.15) is 30.4 Å². The molecule has 0 unspecified atom stereocenters. The highest BCUT2D eigenvalue weighted by Gasteiger charge is 2.05. The number of carbonyl (C=O) groups is 1. The second-order valence-electron chi connectivity index (χ2n) is 5.13. The maximum atomic E-state index is 11.7. The second-order valence-corrected chi connectivity index (χ2v) is 5.54. The topological polar surface area (TPSA) is 46.5 Å². The number of esters is 1. The number of unbranched alkanes of at least 4 members (excludes halogenated alkanes) is 1. The largest absolute Gasteiger partial charge is 0.508 e. The van der Waals surface area contributed by atoms with Crippen molar-refractivity contribution in [2.24, 2.45) is 0 Å². The van der Waals surface area contributed by atoms with Crippen LogP contribution in [-0.4, -0.2) is 11.1 Å². The molecule has 2 aromatic rings. The minimum atomic E-state index is -0.180. The van der Waals surface area contributed by atoms with Crippen molar-refractivity contribution >= 4 is 17.6 Å². The van der Waals surface area contributed by atoms with Crippen LogP contribution in [0, 0.1) is 0 Å². The molecular formula is C18H19ClO3. The summed E-state index contributed by atoms with van der Waals surface area (Å²) in [6, 6.07) is 14.6. The molecular weight excluding hydrogens is 300 g/mol. The minimum Gasteiger partial charge on any atom is -0.508 e. The third-order valence-electron chi connectivity index (χ3n) is 3.36. The van der Waals surface area contributed by atoms with Crippen LogP contribution in [0.3, 0.4) is 0 Å². The smallest absolute Gasteiger partial charge is 0.306 e. The van der Waals surface area contributed by atoms with Gasteiger partial charge in [-0.25, -0.2) is 0 Å². The molecule has 0 aliphatic carbocycles. The van der Waals surface area contributed by atoms with Gasteiger partial charge >= 0.3 is 5.97 Å². The molecule has 0 amide bonds. The molecule has 0 spiro atoms. The van der Waals surface area contributed by atoms with Crippen molar-refractivity contribution in [2.75, 3.05) is 0 Å². The lowest BCUT2D eigenvalue weighted by atomic mass is 10.1. The molecule has 0 saturated heterocycles. The number of halogens is 1. The Labute approximate surface area is 135 Å².